The van der Waals surface area contributed by atoms with Crippen molar-refractivity contribution in [3.8, 4) is 11.5 Å². The van der Waals surface area contributed by atoms with Crippen LogP contribution >= 0.6 is 12.2 Å². The molecule has 0 atom stereocenters. The predicted octanol–water partition coefficient (Wildman–Crippen LogP) is 4.67. The van der Waals surface area contributed by atoms with Gasteiger partial charge in [-0.05, 0) is 55.4 Å². The lowest BCUT2D eigenvalue weighted by molar-refractivity contribution is 0.269. The van der Waals surface area contributed by atoms with Crippen LogP contribution in [0.25, 0.3) is 0 Å². The molecule has 3 aromatic rings. The van der Waals surface area contributed by atoms with E-state index in [-0.39, 0.29) is 0 Å². The van der Waals surface area contributed by atoms with Crippen LogP contribution in [-0.2, 0) is 13.0 Å². The zero-order valence-electron chi connectivity index (χ0n) is 16.3. The number of benzene rings is 2. The van der Waals surface area contributed by atoms with Crippen molar-refractivity contribution in [1.82, 2.24) is 14.9 Å². The number of aromatic nitrogens is 3. The Bertz CT molecular complexity index is 1020. The van der Waals surface area contributed by atoms with Crippen molar-refractivity contribution in [1.29, 1.82) is 0 Å². The van der Waals surface area contributed by atoms with Gasteiger partial charge < -0.3 is 9.47 Å². The van der Waals surface area contributed by atoms with Crippen molar-refractivity contribution in [3.63, 3.8) is 0 Å². The van der Waals surface area contributed by atoms with E-state index in [2.05, 4.69) is 34.4 Å². The van der Waals surface area contributed by atoms with E-state index in [1.165, 1.54) is 5.56 Å². The molecule has 28 heavy (non-hydrogen) atoms. The highest BCUT2D eigenvalue weighted by Crippen LogP contribution is 2.29. The van der Waals surface area contributed by atoms with E-state index in [1.54, 1.807) is 10.9 Å². The second kappa shape index (κ2) is 9.32. The first-order valence-electron chi connectivity index (χ1n) is 9.26. The Hall–Kier alpha value is -2.93. The summed E-state index contributed by atoms with van der Waals surface area (Å²) in [7, 11) is 0. The smallest absolute Gasteiger partial charge is 0.216 e. The molecule has 0 fully saturated rings. The van der Waals surface area contributed by atoms with E-state index >= 15 is 0 Å². The van der Waals surface area contributed by atoms with Gasteiger partial charge in [0.15, 0.2) is 17.3 Å². The molecule has 0 aliphatic heterocycles. The van der Waals surface area contributed by atoms with Crippen LogP contribution in [0.1, 0.15) is 36.4 Å². The zero-order chi connectivity index (χ0) is 19.9. The largest absolute Gasteiger partial charge is 0.490 e. The molecule has 7 heteroatoms. The van der Waals surface area contributed by atoms with Gasteiger partial charge in [-0.2, -0.15) is 14.9 Å². The summed E-state index contributed by atoms with van der Waals surface area (Å²) in [5.74, 6) is 2.17. The van der Waals surface area contributed by atoms with E-state index in [1.807, 2.05) is 44.2 Å². The first-order valence-corrected chi connectivity index (χ1v) is 9.67. The van der Waals surface area contributed by atoms with Crippen LogP contribution in [0.5, 0.6) is 11.5 Å². The number of ether oxygens (including phenoxy) is 2. The average Bonchev–Trinajstić information content (AvgIpc) is 3.05. The van der Waals surface area contributed by atoms with Gasteiger partial charge >= 0.3 is 0 Å². The van der Waals surface area contributed by atoms with Gasteiger partial charge in [0.25, 0.3) is 0 Å². The maximum absolute atomic E-state index is 5.99. The summed E-state index contributed by atoms with van der Waals surface area (Å²) in [6, 6.07) is 14.0. The second-order valence-electron chi connectivity index (χ2n) is 6.27. The molecule has 0 amide bonds. The third-order valence-corrected chi connectivity index (χ3v) is 4.36. The van der Waals surface area contributed by atoms with E-state index in [0.29, 0.717) is 29.5 Å². The summed E-state index contributed by atoms with van der Waals surface area (Å²) in [4.78, 5) is 0. The number of rotatable bonds is 8. The Kier molecular flexibility index (Phi) is 6.60. The van der Waals surface area contributed by atoms with Crippen molar-refractivity contribution >= 4 is 18.4 Å². The van der Waals surface area contributed by atoms with Gasteiger partial charge in [-0.1, -0.05) is 36.8 Å². The molecule has 0 bridgehead atoms. The fourth-order valence-corrected chi connectivity index (χ4v) is 2.95. The Morgan fingerprint density at radius 1 is 1.14 bits per heavy atom. The van der Waals surface area contributed by atoms with E-state index in [4.69, 9.17) is 21.7 Å². The summed E-state index contributed by atoms with van der Waals surface area (Å²) in [6.07, 6.45) is 2.47. The molecule has 3 rings (SSSR count). The van der Waals surface area contributed by atoms with Crippen LogP contribution in [0.3, 0.4) is 0 Å². The molecule has 0 aliphatic carbocycles. The van der Waals surface area contributed by atoms with Crippen molar-refractivity contribution in [2.24, 2.45) is 5.10 Å². The second-order valence-corrected chi connectivity index (χ2v) is 6.66. The van der Waals surface area contributed by atoms with Gasteiger partial charge in [-0.15, -0.1) is 0 Å². The first kappa shape index (κ1) is 19.8. The lowest BCUT2D eigenvalue weighted by atomic mass is 10.1. The summed E-state index contributed by atoms with van der Waals surface area (Å²) in [5, 5.41) is 11.4. The predicted molar refractivity (Wildman–Crippen MR) is 113 cm³/mol. The standard InChI is InChI=1S/C21H24N4O2S/c1-4-20-23-24-21(28)25(20)22-13-16-9-10-18(19(12-16)26-5-2)27-14-17-8-6-7-15(3)11-17/h6-13H,4-5,14H2,1-3H3,(H,24,28)/b22-13+. The molecule has 1 N–H and O–H groups in total. The number of hydrogen-bond donors (Lipinski definition) is 1. The van der Waals surface area contributed by atoms with Gasteiger partial charge in [0.05, 0.1) is 12.8 Å². The fraction of sp³-hybridized carbons (Fsp3) is 0.286. The van der Waals surface area contributed by atoms with Crippen molar-refractivity contribution in [2.45, 2.75) is 33.8 Å². The van der Waals surface area contributed by atoms with Crippen LogP contribution in [0, 0.1) is 11.7 Å². The highest BCUT2D eigenvalue weighted by Gasteiger charge is 2.07. The number of aromatic amines is 1. The van der Waals surface area contributed by atoms with Gasteiger partial charge in [0, 0.05) is 6.42 Å². The number of nitrogens with one attached hydrogen (secondary N) is 1. The molecule has 2 aromatic carbocycles. The maximum Gasteiger partial charge on any atom is 0.216 e. The van der Waals surface area contributed by atoms with E-state index < -0.39 is 0 Å². The molecule has 0 radical (unpaired) electrons. The summed E-state index contributed by atoms with van der Waals surface area (Å²) in [6.45, 7) is 7.06. The minimum atomic E-state index is 0.469. The van der Waals surface area contributed by atoms with E-state index in [0.717, 1.165) is 23.4 Å². The third kappa shape index (κ3) is 4.86. The average molecular weight is 397 g/mol. The monoisotopic (exact) mass is 396 g/mol. The Balaban J connectivity index is 1.79. The molecular formula is C21H24N4O2S. The number of H-pyrrole nitrogens is 1. The zero-order valence-corrected chi connectivity index (χ0v) is 17.1. The normalized spacial score (nSPS) is 11.1. The van der Waals surface area contributed by atoms with Crippen molar-refractivity contribution in [3.05, 3.63) is 69.8 Å². The third-order valence-electron chi connectivity index (χ3n) is 4.10. The van der Waals surface area contributed by atoms with Crippen LogP contribution in [0.15, 0.2) is 47.6 Å². The Morgan fingerprint density at radius 2 is 2.00 bits per heavy atom. The molecule has 0 unspecified atom stereocenters. The topological polar surface area (TPSA) is 64.4 Å². The van der Waals surface area contributed by atoms with Gasteiger partial charge in [0.2, 0.25) is 4.77 Å². The highest BCUT2D eigenvalue weighted by atomic mass is 32.1. The minimum absolute atomic E-state index is 0.469. The number of hydrogen-bond acceptors (Lipinski definition) is 5. The molecule has 1 aromatic heterocycles. The molecule has 0 saturated heterocycles. The SMILES string of the molecule is CCOc1cc(/C=N/n2c(CC)n[nH]c2=S)ccc1OCc1cccc(C)c1. The fourth-order valence-electron chi connectivity index (χ4n) is 2.75. The lowest BCUT2D eigenvalue weighted by Gasteiger charge is -2.13. The van der Waals surface area contributed by atoms with Crippen LogP contribution in [-0.4, -0.2) is 27.7 Å². The van der Waals surface area contributed by atoms with Gasteiger partial charge in [-0.3, -0.25) is 5.10 Å². The van der Waals surface area contributed by atoms with Gasteiger partial charge in [-0.25, -0.2) is 0 Å². The molecule has 1 heterocycles. The molecular weight excluding hydrogens is 372 g/mol. The summed E-state index contributed by atoms with van der Waals surface area (Å²) < 4.78 is 13.8. The van der Waals surface area contributed by atoms with Crippen molar-refractivity contribution in [2.75, 3.05) is 6.61 Å². The van der Waals surface area contributed by atoms with Crippen LogP contribution < -0.4 is 9.47 Å². The van der Waals surface area contributed by atoms with Crippen molar-refractivity contribution < 1.29 is 9.47 Å². The van der Waals surface area contributed by atoms with E-state index in [9.17, 15) is 0 Å². The number of nitrogens with zero attached hydrogens (tertiary/aromatic N) is 3. The maximum atomic E-state index is 5.99. The Morgan fingerprint density at radius 3 is 2.75 bits per heavy atom. The summed E-state index contributed by atoms with van der Waals surface area (Å²) in [5.41, 5.74) is 3.22. The summed E-state index contributed by atoms with van der Waals surface area (Å²) >= 11 is 5.22. The molecule has 0 saturated carbocycles. The quantitative estimate of drug-likeness (QED) is 0.444. The Labute approximate surface area is 169 Å². The minimum Gasteiger partial charge on any atom is -0.490 e. The van der Waals surface area contributed by atoms with Crippen LogP contribution in [0.4, 0.5) is 0 Å². The highest BCUT2D eigenvalue weighted by molar-refractivity contribution is 7.71. The first-order chi connectivity index (χ1) is 13.6. The van der Waals surface area contributed by atoms with Crippen LogP contribution in [0.2, 0.25) is 0 Å². The molecule has 146 valence electrons. The van der Waals surface area contributed by atoms with Gasteiger partial charge in [0.1, 0.15) is 6.61 Å². The number of aryl methyl sites for hydroxylation is 2. The molecule has 6 nitrogen and oxygen atoms in total. The lowest BCUT2D eigenvalue weighted by Crippen LogP contribution is -2.01. The molecule has 0 spiro atoms. The molecule has 0 aliphatic rings.